The maximum absolute atomic E-state index is 12.6. The predicted molar refractivity (Wildman–Crippen MR) is 35.3 cm³/mol. The van der Waals surface area contributed by atoms with Gasteiger partial charge in [0.25, 0.3) is 0 Å². The lowest BCUT2D eigenvalue weighted by atomic mass is 10.3. The maximum Gasteiger partial charge on any atom is 0.218 e. The summed E-state index contributed by atoms with van der Waals surface area (Å²) in [5.41, 5.74) is 0. The molecule has 3 heteroatoms. The van der Waals surface area contributed by atoms with E-state index in [0.29, 0.717) is 6.54 Å². The summed E-state index contributed by atoms with van der Waals surface area (Å²) >= 11 is 2.79. The summed E-state index contributed by atoms with van der Waals surface area (Å²) < 4.78 is 11.1. The van der Waals surface area contributed by atoms with E-state index in [1.165, 1.54) is 12.3 Å². The van der Waals surface area contributed by atoms with Gasteiger partial charge in [-0.3, -0.25) is 4.99 Å². The Morgan fingerprint density at radius 3 is 2.75 bits per heavy atom. The Morgan fingerprint density at radius 2 is 2.50 bits per heavy atom. The zero-order valence-electron chi connectivity index (χ0n) is 4.14. The monoisotopic (exact) mass is 177 g/mol. The molecule has 0 aromatic carbocycles. The van der Waals surface area contributed by atoms with E-state index in [9.17, 15) is 4.39 Å². The van der Waals surface area contributed by atoms with Crippen LogP contribution in [0.15, 0.2) is 17.1 Å². The van der Waals surface area contributed by atoms with Gasteiger partial charge < -0.3 is 0 Å². The van der Waals surface area contributed by atoms with Gasteiger partial charge in [0.2, 0.25) is 4.58 Å². The van der Waals surface area contributed by atoms with Crippen molar-refractivity contribution in [3.8, 4) is 0 Å². The van der Waals surface area contributed by atoms with Crippen LogP contribution in [0, 0.1) is 0 Å². The van der Waals surface area contributed by atoms with E-state index in [2.05, 4.69) is 20.9 Å². The van der Waals surface area contributed by atoms with Crippen LogP contribution in [0.4, 0.5) is 4.39 Å². The normalized spacial score (nSPS) is 35.8. The SMILES string of the molecule is FC1(Br)C=CCN=C1. The zero-order chi connectivity index (χ0) is 6.04. The number of alkyl halides is 2. The first-order valence-electron chi connectivity index (χ1n) is 2.27. The van der Waals surface area contributed by atoms with Crippen LogP contribution in [-0.2, 0) is 0 Å². The number of hydrogen-bond acceptors (Lipinski definition) is 1. The summed E-state index contributed by atoms with van der Waals surface area (Å²) in [6.07, 6.45) is 4.35. The Balaban J connectivity index is 2.69. The van der Waals surface area contributed by atoms with Gasteiger partial charge in [-0.1, -0.05) is 6.08 Å². The van der Waals surface area contributed by atoms with E-state index in [0.717, 1.165) is 0 Å². The number of nitrogens with zero attached hydrogens (tertiary/aromatic N) is 1. The first-order chi connectivity index (χ1) is 3.71. The molecule has 1 aliphatic rings. The van der Waals surface area contributed by atoms with Crippen molar-refractivity contribution >= 4 is 22.1 Å². The second kappa shape index (κ2) is 1.97. The van der Waals surface area contributed by atoms with Crippen LogP contribution in [-0.4, -0.2) is 17.3 Å². The molecule has 1 heterocycles. The largest absolute Gasteiger partial charge is 0.289 e. The van der Waals surface area contributed by atoms with Crippen LogP contribution < -0.4 is 0 Å². The third-order valence-electron chi connectivity index (χ3n) is 0.814. The van der Waals surface area contributed by atoms with Crippen LogP contribution >= 0.6 is 15.9 Å². The van der Waals surface area contributed by atoms with Crippen molar-refractivity contribution in [2.75, 3.05) is 6.54 Å². The minimum Gasteiger partial charge on any atom is -0.289 e. The molecule has 0 radical (unpaired) electrons. The molecule has 8 heavy (non-hydrogen) atoms. The van der Waals surface area contributed by atoms with Gasteiger partial charge in [0.05, 0.1) is 12.8 Å². The van der Waals surface area contributed by atoms with Crippen molar-refractivity contribution in [3.63, 3.8) is 0 Å². The highest BCUT2D eigenvalue weighted by atomic mass is 79.9. The lowest BCUT2D eigenvalue weighted by Gasteiger charge is -2.08. The smallest absolute Gasteiger partial charge is 0.218 e. The fourth-order valence-electron chi connectivity index (χ4n) is 0.488. The number of dihydropyridines is 1. The number of aliphatic imine (C=N–C) groups is 1. The van der Waals surface area contributed by atoms with Gasteiger partial charge >= 0.3 is 0 Å². The average Bonchev–Trinajstić information content (AvgIpc) is 1.65. The molecule has 0 saturated carbocycles. The fourth-order valence-corrected chi connectivity index (χ4v) is 0.820. The van der Waals surface area contributed by atoms with Gasteiger partial charge in [-0.15, -0.1) is 0 Å². The first-order valence-corrected chi connectivity index (χ1v) is 3.06. The third kappa shape index (κ3) is 1.40. The maximum atomic E-state index is 12.6. The number of halogens is 2. The average molecular weight is 178 g/mol. The van der Waals surface area contributed by atoms with Gasteiger partial charge in [0.1, 0.15) is 0 Å². The molecule has 1 nitrogen and oxygen atoms in total. The molecule has 0 spiro atoms. The molecular weight excluding hydrogens is 173 g/mol. The molecule has 1 rings (SSSR count). The van der Waals surface area contributed by atoms with Crippen LogP contribution in [0.3, 0.4) is 0 Å². The van der Waals surface area contributed by atoms with Gasteiger partial charge in [-0.25, -0.2) is 4.39 Å². The van der Waals surface area contributed by atoms with Crippen molar-refractivity contribution in [2.45, 2.75) is 4.58 Å². The molecule has 0 aliphatic carbocycles. The Labute approximate surface area is 55.4 Å². The van der Waals surface area contributed by atoms with Crippen molar-refractivity contribution < 1.29 is 4.39 Å². The van der Waals surface area contributed by atoms with Crippen LogP contribution in [0.2, 0.25) is 0 Å². The van der Waals surface area contributed by atoms with E-state index in [1.54, 1.807) is 6.08 Å². The molecule has 0 bridgehead atoms. The first kappa shape index (κ1) is 5.95. The third-order valence-corrected chi connectivity index (χ3v) is 1.28. The molecule has 0 aromatic heterocycles. The highest BCUT2D eigenvalue weighted by molar-refractivity contribution is 9.10. The molecule has 0 fully saturated rings. The molecule has 0 saturated heterocycles. The molecule has 0 aromatic rings. The quantitative estimate of drug-likeness (QED) is 0.395. The van der Waals surface area contributed by atoms with E-state index >= 15 is 0 Å². The summed E-state index contributed by atoms with van der Waals surface area (Å²) in [5, 5.41) is 0. The van der Waals surface area contributed by atoms with Crippen molar-refractivity contribution in [1.29, 1.82) is 0 Å². The Morgan fingerprint density at radius 1 is 1.75 bits per heavy atom. The fraction of sp³-hybridized carbons (Fsp3) is 0.400. The predicted octanol–water partition coefficient (Wildman–Crippen LogP) is 1.69. The summed E-state index contributed by atoms with van der Waals surface area (Å²) in [6, 6.07) is 0. The van der Waals surface area contributed by atoms with Gasteiger partial charge in [0, 0.05) is 0 Å². The highest BCUT2D eigenvalue weighted by Gasteiger charge is 2.19. The Kier molecular flexibility index (Phi) is 1.47. The van der Waals surface area contributed by atoms with Gasteiger partial charge in [-0.2, -0.15) is 0 Å². The van der Waals surface area contributed by atoms with Gasteiger partial charge in [-0.05, 0) is 22.0 Å². The summed E-state index contributed by atoms with van der Waals surface area (Å²) in [4.78, 5) is 3.70. The number of allylic oxidation sites excluding steroid dienone is 1. The summed E-state index contributed by atoms with van der Waals surface area (Å²) in [7, 11) is 0. The molecule has 0 amide bonds. The van der Waals surface area contributed by atoms with Crippen LogP contribution in [0.5, 0.6) is 0 Å². The van der Waals surface area contributed by atoms with E-state index in [1.807, 2.05) is 0 Å². The lowest BCUT2D eigenvalue weighted by molar-refractivity contribution is 0.464. The van der Waals surface area contributed by atoms with E-state index < -0.39 is 4.58 Å². The Bertz CT molecular complexity index is 125. The summed E-state index contributed by atoms with van der Waals surface area (Å²) in [5.74, 6) is 0. The molecule has 1 aliphatic heterocycles. The minimum absolute atomic E-state index is 0.595. The number of rotatable bonds is 0. The lowest BCUT2D eigenvalue weighted by Crippen LogP contribution is -2.14. The molecule has 44 valence electrons. The van der Waals surface area contributed by atoms with Crippen molar-refractivity contribution in [2.24, 2.45) is 4.99 Å². The van der Waals surface area contributed by atoms with Gasteiger partial charge in [0.15, 0.2) is 0 Å². The topological polar surface area (TPSA) is 12.4 Å². The summed E-state index contributed by atoms with van der Waals surface area (Å²) in [6.45, 7) is 0.595. The van der Waals surface area contributed by atoms with E-state index in [4.69, 9.17) is 0 Å². The molecule has 1 atom stereocenters. The molecule has 1 unspecified atom stereocenters. The van der Waals surface area contributed by atoms with Crippen molar-refractivity contribution in [1.82, 2.24) is 0 Å². The number of hydrogen-bond donors (Lipinski definition) is 0. The molecular formula is C5H5BrFN. The zero-order valence-corrected chi connectivity index (χ0v) is 5.73. The standard InChI is InChI=1S/C5H5BrFN/c6-5(7)2-1-3-8-4-5/h1-2,4H,3H2. The second-order valence-electron chi connectivity index (χ2n) is 1.57. The second-order valence-corrected chi connectivity index (χ2v) is 2.79. The highest BCUT2D eigenvalue weighted by Crippen LogP contribution is 2.20. The molecule has 0 N–H and O–H groups in total. The Hall–Kier alpha value is -0.180. The van der Waals surface area contributed by atoms with E-state index in [-0.39, 0.29) is 0 Å². The minimum atomic E-state index is -1.48. The van der Waals surface area contributed by atoms with Crippen molar-refractivity contribution in [3.05, 3.63) is 12.2 Å². The van der Waals surface area contributed by atoms with Crippen LogP contribution in [0.25, 0.3) is 0 Å². The van der Waals surface area contributed by atoms with Crippen LogP contribution in [0.1, 0.15) is 0 Å².